The number of fused-ring (bicyclic) bond motifs is 1. The molecule has 4 rings (SSSR count). The maximum Gasteiger partial charge on any atom is 0.366 e. The van der Waals surface area contributed by atoms with Gasteiger partial charge in [-0.3, -0.25) is 4.98 Å². The van der Waals surface area contributed by atoms with E-state index in [9.17, 15) is 27.8 Å². The van der Waals surface area contributed by atoms with Crippen LogP contribution in [0.3, 0.4) is 0 Å². The van der Waals surface area contributed by atoms with Crippen molar-refractivity contribution in [2.45, 2.75) is 49.7 Å². The normalized spacial score (nSPS) is 12.5. The number of carbonyl (C=O) groups is 1. The summed E-state index contributed by atoms with van der Waals surface area (Å²) in [4.78, 5) is 15.9. The van der Waals surface area contributed by atoms with E-state index in [2.05, 4.69) is 9.72 Å². The Morgan fingerprint density at radius 2 is 1.82 bits per heavy atom. The van der Waals surface area contributed by atoms with E-state index in [1.807, 2.05) is 13.8 Å². The molecule has 40 heavy (non-hydrogen) atoms. The first-order chi connectivity index (χ1) is 19.0. The fourth-order valence-corrected chi connectivity index (χ4v) is 6.13. The lowest BCUT2D eigenvalue weighted by Gasteiger charge is -2.17. The molecule has 2 aromatic carbocycles. The average Bonchev–Trinajstić information content (AvgIpc) is 3.33. The number of aliphatic hydroxyl groups is 2. The second-order valence-corrected chi connectivity index (χ2v) is 11.5. The molecule has 0 aliphatic heterocycles. The highest BCUT2D eigenvalue weighted by atomic mass is 32.2. The zero-order chi connectivity index (χ0) is 29.1. The molecular weight excluding hydrogens is 535 g/mol. The SMILES string of the molecule is COC(=O)C(O)(O)CCC/C=C/c1c(C(C)C)cn(S(=O)(=O)c2cccc3cccnc23)c1-c1ccc(F)cc1. The average molecular weight is 567 g/mol. The molecule has 0 spiro atoms. The number of methoxy groups -OCH3 is 1. The van der Waals surface area contributed by atoms with E-state index in [4.69, 9.17) is 0 Å². The molecule has 2 N–H and O–H groups in total. The van der Waals surface area contributed by atoms with Gasteiger partial charge in [0.2, 0.25) is 0 Å². The van der Waals surface area contributed by atoms with Gasteiger partial charge in [0.15, 0.2) is 0 Å². The summed E-state index contributed by atoms with van der Waals surface area (Å²) in [7, 11) is -3.08. The van der Waals surface area contributed by atoms with Crippen LogP contribution in [-0.4, -0.2) is 46.5 Å². The van der Waals surface area contributed by atoms with E-state index in [-0.39, 0.29) is 23.7 Å². The van der Waals surface area contributed by atoms with Crippen molar-refractivity contribution < 1.29 is 32.6 Å². The number of allylic oxidation sites excluding steroid dienone is 1. The molecule has 0 bridgehead atoms. The van der Waals surface area contributed by atoms with Crippen LogP contribution in [0.4, 0.5) is 4.39 Å². The van der Waals surface area contributed by atoms with Gasteiger partial charge in [-0.1, -0.05) is 44.2 Å². The Balaban J connectivity index is 1.83. The van der Waals surface area contributed by atoms with Gasteiger partial charge in [0.25, 0.3) is 15.8 Å². The minimum absolute atomic E-state index is 0.0415. The molecule has 0 amide bonds. The van der Waals surface area contributed by atoms with E-state index in [0.29, 0.717) is 34.1 Å². The molecule has 0 aliphatic carbocycles. The van der Waals surface area contributed by atoms with Crippen LogP contribution in [0.15, 0.2) is 78.0 Å². The Labute approximate surface area is 232 Å². The van der Waals surface area contributed by atoms with Crippen LogP contribution in [0.1, 0.15) is 50.2 Å². The van der Waals surface area contributed by atoms with Gasteiger partial charge in [0, 0.05) is 35.3 Å². The van der Waals surface area contributed by atoms with Crippen molar-refractivity contribution in [1.29, 1.82) is 0 Å². The van der Waals surface area contributed by atoms with Crippen molar-refractivity contribution in [2.24, 2.45) is 0 Å². The van der Waals surface area contributed by atoms with Gasteiger partial charge in [-0.25, -0.2) is 21.6 Å². The van der Waals surface area contributed by atoms with Crippen molar-refractivity contribution in [3.05, 3.63) is 90.0 Å². The summed E-state index contributed by atoms with van der Waals surface area (Å²) in [6.07, 6.45) is 7.06. The molecule has 2 heterocycles. The van der Waals surface area contributed by atoms with Gasteiger partial charge in [0.1, 0.15) is 10.7 Å². The molecule has 210 valence electrons. The lowest BCUT2D eigenvalue weighted by atomic mass is 9.97. The Morgan fingerprint density at radius 1 is 1.12 bits per heavy atom. The van der Waals surface area contributed by atoms with Gasteiger partial charge in [-0.05, 0) is 60.7 Å². The van der Waals surface area contributed by atoms with Crippen LogP contribution in [-0.2, 0) is 19.6 Å². The van der Waals surface area contributed by atoms with Crippen LogP contribution in [0.25, 0.3) is 28.2 Å². The number of rotatable bonds is 10. The van der Waals surface area contributed by atoms with Crippen LogP contribution in [0, 0.1) is 5.82 Å². The number of hydrogen-bond acceptors (Lipinski definition) is 7. The minimum atomic E-state index is -4.15. The Hall–Kier alpha value is -3.86. The Kier molecular flexibility index (Phi) is 8.53. The number of hydrogen-bond donors (Lipinski definition) is 2. The zero-order valence-corrected chi connectivity index (χ0v) is 23.2. The second kappa shape index (κ2) is 11.7. The largest absolute Gasteiger partial charge is 0.465 e. The summed E-state index contributed by atoms with van der Waals surface area (Å²) in [6.45, 7) is 3.89. The van der Waals surface area contributed by atoms with Gasteiger partial charge in [-0.15, -0.1) is 0 Å². The van der Waals surface area contributed by atoms with Gasteiger partial charge in [-0.2, -0.15) is 0 Å². The predicted octanol–water partition coefficient (Wildman–Crippen LogP) is 5.24. The molecule has 0 fully saturated rings. The zero-order valence-electron chi connectivity index (χ0n) is 22.4. The van der Waals surface area contributed by atoms with Crippen molar-refractivity contribution in [3.8, 4) is 11.3 Å². The lowest BCUT2D eigenvalue weighted by molar-refractivity contribution is -0.208. The van der Waals surface area contributed by atoms with E-state index in [0.717, 1.165) is 12.7 Å². The third-order valence-electron chi connectivity index (χ3n) is 6.61. The quantitative estimate of drug-likeness (QED) is 0.153. The number of halogens is 1. The molecule has 10 heteroatoms. The van der Waals surface area contributed by atoms with Crippen LogP contribution < -0.4 is 0 Å². The molecule has 0 radical (unpaired) electrons. The highest BCUT2D eigenvalue weighted by molar-refractivity contribution is 7.90. The summed E-state index contributed by atoms with van der Waals surface area (Å²) in [6, 6.07) is 14.1. The number of ether oxygens (including phenoxy) is 1. The number of pyridine rings is 1. The maximum absolute atomic E-state index is 14.2. The third-order valence-corrected chi connectivity index (χ3v) is 8.30. The van der Waals surface area contributed by atoms with Gasteiger partial charge >= 0.3 is 5.97 Å². The first-order valence-corrected chi connectivity index (χ1v) is 14.2. The monoisotopic (exact) mass is 566 g/mol. The maximum atomic E-state index is 14.2. The predicted molar refractivity (Wildman–Crippen MR) is 150 cm³/mol. The lowest BCUT2D eigenvalue weighted by Crippen LogP contribution is -2.39. The topological polar surface area (TPSA) is 119 Å². The summed E-state index contributed by atoms with van der Waals surface area (Å²) in [5, 5.41) is 20.4. The molecule has 2 aromatic heterocycles. The molecule has 0 saturated heterocycles. The molecule has 0 unspecified atom stereocenters. The fraction of sp³-hybridized carbons (Fsp3) is 0.267. The smallest absolute Gasteiger partial charge is 0.366 e. The van der Waals surface area contributed by atoms with E-state index in [1.165, 1.54) is 34.3 Å². The highest BCUT2D eigenvalue weighted by Gasteiger charge is 2.33. The minimum Gasteiger partial charge on any atom is -0.465 e. The summed E-state index contributed by atoms with van der Waals surface area (Å²) in [5.74, 6) is -4.24. The number of carbonyl (C=O) groups excluding carboxylic acids is 1. The van der Waals surface area contributed by atoms with Crippen molar-refractivity contribution >= 4 is 33.0 Å². The molecule has 0 aliphatic rings. The Bertz CT molecular complexity index is 1650. The second-order valence-electron chi connectivity index (χ2n) is 9.74. The van der Waals surface area contributed by atoms with Gasteiger partial charge in [0.05, 0.1) is 18.3 Å². The number of para-hydroxylation sites is 1. The third kappa shape index (κ3) is 5.84. The van der Waals surface area contributed by atoms with Crippen LogP contribution in [0.5, 0.6) is 0 Å². The molecule has 8 nitrogen and oxygen atoms in total. The molecular formula is C30H31FN2O6S. The van der Waals surface area contributed by atoms with E-state index in [1.54, 1.807) is 48.8 Å². The number of unbranched alkanes of at least 4 members (excludes halogenated alkanes) is 1. The highest BCUT2D eigenvalue weighted by Crippen LogP contribution is 2.37. The molecule has 0 saturated carbocycles. The number of benzene rings is 2. The molecule has 0 atom stereocenters. The first-order valence-electron chi connectivity index (χ1n) is 12.8. The van der Waals surface area contributed by atoms with Crippen molar-refractivity contribution in [1.82, 2.24) is 8.96 Å². The van der Waals surface area contributed by atoms with Crippen LogP contribution >= 0.6 is 0 Å². The fourth-order valence-electron chi connectivity index (χ4n) is 4.55. The number of aromatic nitrogens is 2. The summed E-state index contributed by atoms with van der Waals surface area (Å²) < 4.78 is 47.9. The summed E-state index contributed by atoms with van der Waals surface area (Å²) >= 11 is 0. The van der Waals surface area contributed by atoms with Crippen molar-refractivity contribution in [2.75, 3.05) is 7.11 Å². The van der Waals surface area contributed by atoms with Gasteiger partial charge < -0.3 is 14.9 Å². The van der Waals surface area contributed by atoms with E-state index >= 15 is 0 Å². The van der Waals surface area contributed by atoms with Crippen molar-refractivity contribution in [3.63, 3.8) is 0 Å². The number of esters is 1. The van der Waals surface area contributed by atoms with Crippen LogP contribution in [0.2, 0.25) is 0 Å². The standard InChI is InChI=1S/C30H31FN2O6S/c1-20(2)25-19-33(40(37,38)26-12-7-9-21-10-8-18-32-27(21)26)28(22-13-15-23(31)16-14-22)24(25)11-5-4-6-17-30(35,36)29(34)39-3/h5,7-16,18-20,35-36H,4,6,17H2,1-3H3/b11-5+. The summed E-state index contributed by atoms with van der Waals surface area (Å²) in [5.41, 5.74) is 2.58. The molecule has 4 aromatic rings. The first kappa shape index (κ1) is 29.1. The Morgan fingerprint density at radius 3 is 2.50 bits per heavy atom. The number of nitrogens with zero attached hydrogens (tertiary/aromatic N) is 2. The van der Waals surface area contributed by atoms with E-state index < -0.39 is 27.6 Å².